The highest BCUT2D eigenvalue weighted by molar-refractivity contribution is 5.90. The third-order valence-corrected chi connectivity index (χ3v) is 4.72. The van der Waals surface area contributed by atoms with Crippen LogP contribution in [0.4, 0.5) is 18.9 Å². The van der Waals surface area contributed by atoms with Crippen LogP contribution in [0.2, 0.25) is 0 Å². The minimum absolute atomic E-state index is 0.0318. The summed E-state index contributed by atoms with van der Waals surface area (Å²) in [5, 5.41) is 2.68. The third-order valence-electron chi connectivity index (χ3n) is 4.72. The van der Waals surface area contributed by atoms with Crippen molar-refractivity contribution in [3.05, 3.63) is 29.8 Å². The van der Waals surface area contributed by atoms with Crippen LogP contribution in [0.5, 0.6) is 0 Å². The Labute approximate surface area is 143 Å². The molecule has 2 aliphatic heterocycles. The lowest BCUT2D eigenvalue weighted by Crippen LogP contribution is -2.51. The van der Waals surface area contributed by atoms with E-state index in [1.807, 2.05) is 18.2 Å². The highest BCUT2D eigenvalue weighted by Crippen LogP contribution is 2.27. The van der Waals surface area contributed by atoms with Crippen molar-refractivity contribution < 1.29 is 22.8 Å². The lowest BCUT2D eigenvalue weighted by molar-refractivity contribution is -0.186. The minimum atomic E-state index is -4.94. The number of fused-ring (bicyclic) bond motifs is 1. The molecule has 0 aliphatic carbocycles. The van der Waals surface area contributed by atoms with E-state index in [1.54, 1.807) is 0 Å². The molecule has 1 aromatic carbocycles. The van der Waals surface area contributed by atoms with Crippen LogP contribution >= 0.6 is 0 Å². The van der Waals surface area contributed by atoms with E-state index >= 15 is 0 Å². The molecular weight excluding hydrogens is 335 g/mol. The molecule has 2 aliphatic rings. The lowest BCUT2D eigenvalue weighted by Gasteiger charge is -2.25. The molecule has 0 radical (unpaired) electrons. The summed E-state index contributed by atoms with van der Waals surface area (Å²) in [5.41, 5.74) is 2.39. The maximum Gasteiger partial charge on any atom is 0.471 e. The van der Waals surface area contributed by atoms with E-state index in [4.69, 9.17) is 0 Å². The van der Waals surface area contributed by atoms with Gasteiger partial charge in [-0.3, -0.25) is 9.59 Å². The van der Waals surface area contributed by atoms with Gasteiger partial charge in [0.2, 0.25) is 5.91 Å². The van der Waals surface area contributed by atoms with Crippen LogP contribution in [0.25, 0.3) is 0 Å². The second-order valence-electron chi connectivity index (χ2n) is 6.31. The maximum absolute atomic E-state index is 12.6. The number of hydrogen-bond donors (Lipinski definition) is 1. The van der Waals surface area contributed by atoms with Crippen molar-refractivity contribution in [1.29, 1.82) is 0 Å². The third kappa shape index (κ3) is 3.72. The summed E-state index contributed by atoms with van der Waals surface area (Å²) in [5.74, 6) is -2.44. The number of benzene rings is 1. The number of alkyl halides is 3. The molecule has 1 saturated heterocycles. The van der Waals surface area contributed by atoms with Gasteiger partial charge in [-0.1, -0.05) is 18.2 Å². The molecule has 5 nitrogen and oxygen atoms in total. The fraction of sp³-hybridized carbons (Fsp3) is 0.529. The van der Waals surface area contributed by atoms with Gasteiger partial charge >= 0.3 is 12.1 Å². The molecule has 0 aromatic heterocycles. The first-order valence-corrected chi connectivity index (χ1v) is 8.36. The Balaban J connectivity index is 1.52. The zero-order valence-corrected chi connectivity index (χ0v) is 13.7. The normalized spacial score (nSPS) is 19.9. The molecule has 1 unspecified atom stereocenters. The zero-order valence-electron chi connectivity index (χ0n) is 13.7. The Bertz CT molecular complexity index is 663. The summed E-state index contributed by atoms with van der Waals surface area (Å²) in [6, 6.07) is 6.99. The molecule has 1 N–H and O–H groups in total. The molecule has 136 valence electrons. The Hall–Kier alpha value is -2.25. The summed E-state index contributed by atoms with van der Waals surface area (Å²) in [4.78, 5) is 26.4. The number of anilines is 1. The predicted octanol–water partition coefficient (Wildman–Crippen LogP) is 1.72. The van der Waals surface area contributed by atoms with Gasteiger partial charge in [-0.2, -0.15) is 13.2 Å². The Kier molecular flexibility index (Phi) is 4.87. The van der Waals surface area contributed by atoms with Gasteiger partial charge in [0.05, 0.1) is 0 Å². The maximum atomic E-state index is 12.6. The molecule has 2 amide bonds. The quantitative estimate of drug-likeness (QED) is 0.895. The van der Waals surface area contributed by atoms with E-state index in [0.29, 0.717) is 24.4 Å². The van der Waals surface area contributed by atoms with Crippen molar-refractivity contribution >= 4 is 17.5 Å². The molecule has 0 spiro atoms. The minimum Gasteiger partial charge on any atom is -0.369 e. The van der Waals surface area contributed by atoms with Gasteiger partial charge in [0.25, 0.3) is 0 Å². The van der Waals surface area contributed by atoms with Gasteiger partial charge < -0.3 is 15.1 Å². The number of hydrogen-bond acceptors (Lipinski definition) is 3. The van der Waals surface area contributed by atoms with Crippen LogP contribution in [0.15, 0.2) is 24.3 Å². The smallest absolute Gasteiger partial charge is 0.369 e. The molecule has 0 saturated carbocycles. The van der Waals surface area contributed by atoms with E-state index in [0.717, 1.165) is 18.7 Å². The average molecular weight is 355 g/mol. The first kappa shape index (κ1) is 17.6. The number of carbonyl (C=O) groups is 2. The largest absolute Gasteiger partial charge is 0.471 e. The number of halogens is 3. The number of carbonyl (C=O) groups excluding carboxylic acids is 2. The van der Waals surface area contributed by atoms with Gasteiger partial charge in [0.15, 0.2) is 0 Å². The highest BCUT2D eigenvalue weighted by Gasteiger charge is 2.47. The van der Waals surface area contributed by atoms with Gasteiger partial charge in [0, 0.05) is 31.9 Å². The summed E-state index contributed by atoms with van der Waals surface area (Å²) >= 11 is 0. The molecule has 3 rings (SSSR count). The average Bonchev–Trinajstić information content (AvgIpc) is 3.20. The summed E-state index contributed by atoms with van der Waals surface area (Å²) < 4.78 is 37.8. The molecule has 25 heavy (non-hydrogen) atoms. The van der Waals surface area contributed by atoms with Gasteiger partial charge in [-0.15, -0.1) is 0 Å². The number of nitrogens with zero attached hydrogens (tertiary/aromatic N) is 2. The lowest BCUT2D eigenvalue weighted by atomic mass is 10.2. The topological polar surface area (TPSA) is 52.7 Å². The van der Waals surface area contributed by atoms with E-state index in [2.05, 4.69) is 16.3 Å². The summed E-state index contributed by atoms with van der Waals surface area (Å²) in [6.45, 7) is 1.74. The summed E-state index contributed by atoms with van der Waals surface area (Å²) in [7, 11) is 0. The van der Waals surface area contributed by atoms with Crippen LogP contribution in [-0.2, 0) is 16.0 Å². The predicted molar refractivity (Wildman–Crippen MR) is 86.2 cm³/mol. The first-order valence-electron chi connectivity index (χ1n) is 8.36. The molecule has 2 heterocycles. The SMILES string of the molecule is O=C(NCCN1CCc2ccccc21)C1CCCN1C(=O)C(F)(F)F. The summed E-state index contributed by atoms with van der Waals surface area (Å²) in [6.07, 6.45) is -3.33. The Morgan fingerprint density at radius 3 is 2.72 bits per heavy atom. The van der Waals surface area contributed by atoms with E-state index in [1.165, 1.54) is 5.56 Å². The second kappa shape index (κ2) is 6.93. The zero-order chi connectivity index (χ0) is 18.0. The molecule has 0 bridgehead atoms. The number of rotatable bonds is 4. The van der Waals surface area contributed by atoms with Gasteiger partial charge in [-0.05, 0) is 30.9 Å². The number of para-hydroxylation sites is 1. The Morgan fingerprint density at radius 1 is 1.20 bits per heavy atom. The monoisotopic (exact) mass is 355 g/mol. The van der Waals surface area contributed by atoms with E-state index < -0.39 is 24.0 Å². The van der Waals surface area contributed by atoms with Crippen molar-refractivity contribution in [3.8, 4) is 0 Å². The Morgan fingerprint density at radius 2 is 1.96 bits per heavy atom. The standard InChI is InChI=1S/C17H20F3N3O2/c18-17(19,20)16(25)23-9-3-6-14(23)15(24)21-8-11-22-10-7-12-4-1-2-5-13(12)22/h1-2,4-5,14H,3,6-11H2,(H,21,24). The number of likely N-dealkylation sites (tertiary alicyclic amines) is 1. The van der Waals surface area contributed by atoms with Gasteiger partial charge in [0.1, 0.15) is 6.04 Å². The van der Waals surface area contributed by atoms with Crippen molar-refractivity contribution in [2.24, 2.45) is 0 Å². The first-order chi connectivity index (χ1) is 11.9. The van der Waals surface area contributed by atoms with Crippen molar-refractivity contribution in [1.82, 2.24) is 10.2 Å². The van der Waals surface area contributed by atoms with Crippen molar-refractivity contribution in [2.45, 2.75) is 31.5 Å². The van der Waals surface area contributed by atoms with Gasteiger partial charge in [-0.25, -0.2) is 0 Å². The van der Waals surface area contributed by atoms with Crippen LogP contribution in [-0.4, -0.2) is 55.1 Å². The van der Waals surface area contributed by atoms with Crippen LogP contribution in [0.3, 0.4) is 0 Å². The van der Waals surface area contributed by atoms with Crippen molar-refractivity contribution in [3.63, 3.8) is 0 Å². The molecule has 1 atom stereocenters. The molecule has 8 heteroatoms. The number of nitrogens with one attached hydrogen (secondary N) is 1. The van der Waals surface area contributed by atoms with E-state index in [9.17, 15) is 22.8 Å². The van der Waals surface area contributed by atoms with Crippen LogP contribution in [0.1, 0.15) is 18.4 Å². The number of amides is 2. The highest BCUT2D eigenvalue weighted by atomic mass is 19.4. The van der Waals surface area contributed by atoms with E-state index in [-0.39, 0.29) is 13.0 Å². The van der Waals surface area contributed by atoms with Crippen LogP contribution < -0.4 is 10.2 Å². The molecule has 1 fully saturated rings. The second-order valence-corrected chi connectivity index (χ2v) is 6.31. The fourth-order valence-corrected chi connectivity index (χ4v) is 3.52. The van der Waals surface area contributed by atoms with Crippen molar-refractivity contribution in [2.75, 3.05) is 31.1 Å². The fourth-order valence-electron chi connectivity index (χ4n) is 3.52. The molecular formula is C17H20F3N3O2. The van der Waals surface area contributed by atoms with Crippen LogP contribution in [0, 0.1) is 0 Å². The molecule has 1 aromatic rings.